The summed E-state index contributed by atoms with van der Waals surface area (Å²) in [5, 5.41) is 0. The molecule has 0 radical (unpaired) electrons. The van der Waals surface area contributed by atoms with Gasteiger partial charge in [0.25, 0.3) is 5.91 Å². The molecule has 25 heavy (non-hydrogen) atoms. The van der Waals surface area contributed by atoms with E-state index in [2.05, 4.69) is 28.9 Å². The Balaban J connectivity index is 1.68. The van der Waals surface area contributed by atoms with E-state index >= 15 is 0 Å². The molecule has 138 valence electrons. The van der Waals surface area contributed by atoms with Crippen molar-refractivity contribution in [3.8, 4) is 0 Å². The minimum atomic E-state index is 0.0452. The molecule has 0 bridgehead atoms. The Hall–Kier alpha value is -1.50. The van der Waals surface area contributed by atoms with Crippen molar-refractivity contribution in [1.82, 2.24) is 19.7 Å². The van der Waals surface area contributed by atoms with Crippen LogP contribution in [0.15, 0.2) is 24.4 Å². The fraction of sp³-hybridized carbons (Fsp3) is 0.684. The van der Waals surface area contributed by atoms with E-state index in [-0.39, 0.29) is 11.3 Å². The summed E-state index contributed by atoms with van der Waals surface area (Å²) in [4.78, 5) is 23.7. The van der Waals surface area contributed by atoms with E-state index in [4.69, 9.17) is 4.74 Å². The first-order valence-electron chi connectivity index (χ1n) is 9.23. The lowest BCUT2D eigenvalue weighted by Crippen LogP contribution is -2.52. The van der Waals surface area contributed by atoms with Crippen molar-refractivity contribution in [3.63, 3.8) is 0 Å². The fourth-order valence-corrected chi connectivity index (χ4v) is 3.89. The third kappa shape index (κ3) is 4.77. The summed E-state index contributed by atoms with van der Waals surface area (Å²) in [5.74, 6) is 0.0452. The van der Waals surface area contributed by atoms with Gasteiger partial charge in [-0.15, -0.1) is 0 Å². The van der Waals surface area contributed by atoms with Crippen molar-refractivity contribution in [3.05, 3.63) is 30.1 Å². The van der Waals surface area contributed by atoms with E-state index in [1.54, 1.807) is 12.3 Å². The summed E-state index contributed by atoms with van der Waals surface area (Å²) in [6, 6.07) is 5.52. The molecule has 3 rings (SSSR count). The van der Waals surface area contributed by atoms with Gasteiger partial charge in [-0.3, -0.25) is 14.7 Å². The van der Waals surface area contributed by atoms with Crippen molar-refractivity contribution in [2.75, 3.05) is 66.6 Å². The van der Waals surface area contributed by atoms with Crippen LogP contribution in [0.5, 0.6) is 0 Å². The molecule has 3 heterocycles. The predicted molar refractivity (Wildman–Crippen MR) is 97.6 cm³/mol. The second-order valence-electron chi connectivity index (χ2n) is 7.68. The summed E-state index contributed by atoms with van der Waals surface area (Å²) in [6.45, 7) is 7.19. The number of nitrogens with zero attached hydrogens (tertiary/aromatic N) is 4. The number of amides is 1. The average Bonchev–Trinajstić information content (AvgIpc) is 2.82. The number of piperidine rings is 1. The number of rotatable bonds is 4. The molecular weight excluding hydrogens is 316 g/mol. The quantitative estimate of drug-likeness (QED) is 0.820. The number of pyridine rings is 1. The number of hydrogen-bond acceptors (Lipinski definition) is 5. The highest BCUT2D eigenvalue weighted by Gasteiger charge is 2.40. The van der Waals surface area contributed by atoms with Gasteiger partial charge >= 0.3 is 0 Å². The van der Waals surface area contributed by atoms with Gasteiger partial charge < -0.3 is 14.5 Å². The van der Waals surface area contributed by atoms with Crippen LogP contribution in [0.3, 0.4) is 0 Å². The maximum atomic E-state index is 12.8. The Labute approximate surface area is 150 Å². The van der Waals surface area contributed by atoms with Crippen molar-refractivity contribution in [1.29, 1.82) is 0 Å². The smallest absolute Gasteiger partial charge is 0.272 e. The van der Waals surface area contributed by atoms with Gasteiger partial charge in [-0.05, 0) is 39.1 Å². The minimum absolute atomic E-state index is 0.0452. The Kier molecular flexibility index (Phi) is 6.04. The molecule has 1 spiro atoms. The molecule has 6 nitrogen and oxygen atoms in total. The lowest BCUT2D eigenvalue weighted by Gasteiger charge is -2.43. The van der Waals surface area contributed by atoms with Gasteiger partial charge in [0.1, 0.15) is 5.69 Å². The largest absolute Gasteiger partial charge is 0.379 e. The number of carbonyl (C=O) groups is 1. The Morgan fingerprint density at radius 2 is 2.20 bits per heavy atom. The lowest BCUT2D eigenvalue weighted by molar-refractivity contribution is 0.00694. The predicted octanol–water partition coefficient (Wildman–Crippen LogP) is 1.20. The summed E-state index contributed by atoms with van der Waals surface area (Å²) in [5.41, 5.74) is 0.587. The van der Waals surface area contributed by atoms with Crippen LogP contribution in [0.1, 0.15) is 23.3 Å². The van der Waals surface area contributed by atoms with Crippen molar-refractivity contribution < 1.29 is 9.53 Å². The van der Waals surface area contributed by atoms with Crippen LogP contribution in [0.2, 0.25) is 0 Å². The summed E-state index contributed by atoms with van der Waals surface area (Å²) in [7, 11) is 4.22. The van der Waals surface area contributed by atoms with Crippen LogP contribution in [0.4, 0.5) is 0 Å². The molecule has 2 aliphatic rings. The first-order chi connectivity index (χ1) is 12.1. The highest BCUT2D eigenvalue weighted by Crippen LogP contribution is 2.33. The molecule has 2 aliphatic heterocycles. The molecule has 0 saturated carbocycles. The Bertz CT molecular complexity index is 566. The molecule has 2 saturated heterocycles. The number of hydrogen-bond donors (Lipinski definition) is 0. The van der Waals surface area contributed by atoms with E-state index in [1.807, 2.05) is 17.0 Å². The Morgan fingerprint density at radius 3 is 2.96 bits per heavy atom. The van der Waals surface area contributed by atoms with Gasteiger partial charge in [-0.25, -0.2) is 0 Å². The molecule has 0 aromatic carbocycles. The average molecular weight is 346 g/mol. The van der Waals surface area contributed by atoms with Gasteiger partial charge in [-0.1, -0.05) is 6.07 Å². The number of aromatic nitrogens is 1. The van der Waals surface area contributed by atoms with Gasteiger partial charge in [-0.2, -0.15) is 0 Å². The highest BCUT2D eigenvalue weighted by molar-refractivity contribution is 5.92. The molecule has 6 heteroatoms. The van der Waals surface area contributed by atoms with Gasteiger partial charge in [0.2, 0.25) is 0 Å². The van der Waals surface area contributed by atoms with Crippen LogP contribution in [-0.4, -0.2) is 92.2 Å². The van der Waals surface area contributed by atoms with E-state index < -0.39 is 0 Å². The third-order valence-electron chi connectivity index (χ3n) is 5.22. The Morgan fingerprint density at radius 1 is 1.32 bits per heavy atom. The first-order valence-corrected chi connectivity index (χ1v) is 9.23. The fourth-order valence-electron chi connectivity index (χ4n) is 3.89. The van der Waals surface area contributed by atoms with Crippen LogP contribution < -0.4 is 0 Å². The molecule has 1 amide bonds. The first kappa shape index (κ1) is 18.3. The van der Waals surface area contributed by atoms with Crippen molar-refractivity contribution in [2.24, 2.45) is 5.41 Å². The zero-order valence-corrected chi connectivity index (χ0v) is 15.5. The molecule has 0 aliphatic carbocycles. The highest BCUT2D eigenvalue weighted by atomic mass is 16.5. The topological polar surface area (TPSA) is 48.9 Å². The van der Waals surface area contributed by atoms with E-state index in [9.17, 15) is 4.79 Å². The van der Waals surface area contributed by atoms with E-state index in [0.717, 1.165) is 65.3 Å². The van der Waals surface area contributed by atoms with Gasteiger partial charge in [0, 0.05) is 50.9 Å². The minimum Gasteiger partial charge on any atom is -0.379 e. The number of carbonyl (C=O) groups excluding carboxylic acids is 1. The van der Waals surface area contributed by atoms with Crippen LogP contribution in [0, 0.1) is 5.41 Å². The van der Waals surface area contributed by atoms with E-state index in [1.165, 1.54) is 0 Å². The number of likely N-dealkylation sites (N-methyl/N-ethyl adjacent to an activating group) is 1. The summed E-state index contributed by atoms with van der Waals surface area (Å²) >= 11 is 0. The number of likely N-dealkylation sites (tertiary alicyclic amines) is 1. The maximum Gasteiger partial charge on any atom is 0.272 e. The zero-order valence-electron chi connectivity index (χ0n) is 15.5. The molecule has 1 aromatic heterocycles. The molecule has 0 unspecified atom stereocenters. The summed E-state index contributed by atoms with van der Waals surface area (Å²) in [6.07, 6.45) is 3.84. The molecular formula is C19H30N4O2. The van der Waals surface area contributed by atoms with Crippen LogP contribution in [0.25, 0.3) is 0 Å². The SMILES string of the molecule is CN(C)CCN1CCOC[C@]2(CCCN(C(=O)c3ccccn3)C2)C1. The molecule has 0 N–H and O–H groups in total. The molecule has 1 atom stereocenters. The maximum absolute atomic E-state index is 12.8. The number of ether oxygens (including phenoxy) is 1. The second kappa shape index (κ2) is 8.25. The molecule has 2 fully saturated rings. The zero-order chi connectivity index (χ0) is 17.7. The summed E-state index contributed by atoms with van der Waals surface area (Å²) < 4.78 is 5.95. The van der Waals surface area contributed by atoms with Crippen molar-refractivity contribution in [2.45, 2.75) is 12.8 Å². The molecule has 1 aromatic rings. The second-order valence-corrected chi connectivity index (χ2v) is 7.68. The van der Waals surface area contributed by atoms with Crippen molar-refractivity contribution >= 4 is 5.91 Å². The monoisotopic (exact) mass is 346 g/mol. The van der Waals surface area contributed by atoms with E-state index in [0.29, 0.717) is 5.69 Å². The lowest BCUT2D eigenvalue weighted by atomic mass is 9.80. The van der Waals surface area contributed by atoms with Gasteiger partial charge in [0.05, 0.1) is 13.2 Å². The normalized spacial score (nSPS) is 25.3. The van der Waals surface area contributed by atoms with Gasteiger partial charge in [0.15, 0.2) is 0 Å². The third-order valence-corrected chi connectivity index (χ3v) is 5.22. The van der Waals surface area contributed by atoms with Crippen LogP contribution in [-0.2, 0) is 4.74 Å². The standard InChI is InChI=1S/C19H30N4O2/c1-21(2)10-11-22-12-13-25-16-19(14-22)7-5-9-23(15-19)18(24)17-6-3-4-8-20-17/h3-4,6,8H,5,7,9-16H2,1-2H3/t19-/m1/s1. The van der Waals surface area contributed by atoms with Crippen LogP contribution >= 0.6 is 0 Å².